The van der Waals surface area contributed by atoms with E-state index >= 15 is 0 Å². The number of nitrogens with zero attached hydrogens (tertiary/aromatic N) is 2. The van der Waals surface area contributed by atoms with Gasteiger partial charge in [0.1, 0.15) is 16.2 Å². The van der Waals surface area contributed by atoms with Gasteiger partial charge in [-0.2, -0.15) is 0 Å². The first-order valence-electron chi connectivity index (χ1n) is 7.44. The molecule has 106 valence electrons. The molecule has 1 fully saturated rings. The molecule has 0 atom stereocenters. The normalized spacial score (nSPS) is 23.3. The Morgan fingerprint density at radius 1 is 1.26 bits per heavy atom. The second kappa shape index (κ2) is 7.22. The second-order valence-electron chi connectivity index (χ2n) is 5.69. The number of aromatic nitrogens is 2. The van der Waals surface area contributed by atoms with E-state index in [1.165, 1.54) is 32.1 Å². The number of nitrogens with one attached hydrogen (secondary N) is 1. The minimum Gasteiger partial charge on any atom is -0.370 e. The number of aryl methyl sites for hydroxylation is 1. The summed E-state index contributed by atoms with van der Waals surface area (Å²) < 4.78 is 0.869. The molecule has 0 amide bonds. The van der Waals surface area contributed by atoms with Crippen LogP contribution in [0.5, 0.6) is 0 Å². The molecule has 0 unspecified atom stereocenters. The van der Waals surface area contributed by atoms with Gasteiger partial charge in [-0.05, 0) is 34.2 Å². The van der Waals surface area contributed by atoms with Crippen LogP contribution in [0, 0.1) is 11.8 Å². The van der Waals surface area contributed by atoms with Crippen LogP contribution in [0.3, 0.4) is 0 Å². The summed E-state index contributed by atoms with van der Waals surface area (Å²) in [5, 5.41) is 3.44. The van der Waals surface area contributed by atoms with Gasteiger partial charge in [0.25, 0.3) is 0 Å². The smallest absolute Gasteiger partial charge is 0.131 e. The number of hydrogen-bond donors (Lipinski definition) is 1. The van der Waals surface area contributed by atoms with Crippen LogP contribution in [-0.2, 0) is 6.42 Å². The van der Waals surface area contributed by atoms with Gasteiger partial charge in [0.2, 0.25) is 0 Å². The summed E-state index contributed by atoms with van der Waals surface area (Å²) in [4.78, 5) is 8.82. The van der Waals surface area contributed by atoms with E-state index in [4.69, 9.17) is 0 Å². The lowest BCUT2D eigenvalue weighted by atomic mass is 9.81. The molecule has 1 aromatic rings. The summed E-state index contributed by atoms with van der Waals surface area (Å²) in [6.07, 6.45) is 7.74. The van der Waals surface area contributed by atoms with Gasteiger partial charge >= 0.3 is 0 Å². The van der Waals surface area contributed by atoms with Gasteiger partial charge in [0.15, 0.2) is 0 Å². The highest BCUT2D eigenvalue weighted by atomic mass is 79.9. The van der Waals surface area contributed by atoms with E-state index < -0.39 is 0 Å². The first kappa shape index (κ1) is 14.8. The predicted octanol–water partition coefficient (Wildman–Crippen LogP) is 4.43. The van der Waals surface area contributed by atoms with Crippen LogP contribution >= 0.6 is 15.9 Å². The standard InChI is InChI=1S/C15H24BrN3/c1-3-14-18-13(16)10-15(19-14)17-9-8-12-6-4-11(2)5-7-12/h10-12H,3-9H2,1-2H3,(H,17,18,19). The lowest BCUT2D eigenvalue weighted by Crippen LogP contribution is -2.16. The maximum Gasteiger partial charge on any atom is 0.131 e. The van der Waals surface area contributed by atoms with Gasteiger partial charge in [0, 0.05) is 19.0 Å². The van der Waals surface area contributed by atoms with Crippen molar-refractivity contribution in [3.8, 4) is 0 Å². The highest BCUT2D eigenvalue weighted by molar-refractivity contribution is 9.10. The average Bonchev–Trinajstić information content (AvgIpc) is 2.40. The van der Waals surface area contributed by atoms with Crippen molar-refractivity contribution in [3.63, 3.8) is 0 Å². The Labute approximate surface area is 124 Å². The van der Waals surface area contributed by atoms with E-state index in [-0.39, 0.29) is 0 Å². The third-order valence-corrected chi connectivity index (χ3v) is 4.46. The molecule has 2 rings (SSSR count). The fraction of sp³-hybridized carbons (Fsp3) is 0.733. The molecule has 1 aliphatic carbocycles. The van der Waals surface area contributed by atoms with Crippen molar-refractivity contribution in [2.24, 2.45) is 11.8 Å². The molecule has 0 aromatic carbocycles. The minimum absolute atomic E-state index is 0.869. The quantitative estimate of drug-likeness (QED) is 0.814. The van der Waals surface area contributed by atoms with Gasteiger partial charge in [-0.1, -0.05) is 39.5 Å². The Balaban J connectivity index is 1.77. The predicted molar refractivity (Wildman–Crippen MR) is 83.3 cm³/mol. The molecule has 19 heavy (non-hydrogen) atoms. The third kappa shape index (κ3) is 4.75. The zero-order chi connectivity index (χ0) is 13.7. The second-order valence-corrected chi connectivity index (χ2v) is 6.50. The van der Waals surface area contributed by atoms with Crippen LogP contribution in [-0.4, -0.2) is 16.5 Å². The first-order chi connectivity index (χ1) is 9.17. The number of anilines is 1. The summed E-state index contributed by atoms with van der Waals surface area (Å²) >= 11 is 3.44. The van der Waals surface area contributed by atoms with Crippen molar-refractivity contribution in [2.45, 2.75) is 52.4 Å². The molecule has 1 heterocycles. The maximum absolute atomic E-state index is 4.49. The van der Waals surface area contributed by atoms with E-state index in [0.717, 1.165) is 41.0 Å². The van der Waals surface area contributed by atoms with E-state index in [1.807, 2.05) is 6.07 Å². The topological polar surface area (TPSA) is 37.8 Å². The fourth-order valence-electron chi connectivity index (χ4n) is 2.74. The molecule has 0 bridgehead atoms. The summed E-state index contributed by atoms with van der Waals surface area (Å²) in [7, 11) is 0. The van der Waals surface area contributed by atoms with Gasteiger partial charge in [-0.25, -0.2) is 9.97 Å². The van der Waals surface area contributed by atoms with E-state index in [1.54, 1.807) is 0 Å². The Bertz CT molecular complexity index is 400. The SMILES string of the molecule is CCc1nc(Br)cc(NCCC2CCC(C)CC2)n1. The molecule has 1 aliphatic rings. The average molecular weight is 326 g/mol. The van der Waals surface area contributed by atoms with Crippen molar-refractivity contribution in [1.29, 1.82) is 0 Å². The molecule has 0 radical (unpaired) electrons. The fourth-order valence-corrected chi connectivity index (χ4v) is 3.16. The summed E-state index contributed by atoms with van der Waals surface area (Å²) in [5.41, 5.74) is 0. The van der Waals surface area contributed by atoms with Crippen molar-refractivity contribution in [2.75, 3.05) is 11.9 Å². The molecule has 1 aromatic heterocycles. The third-order valence-electron chi connectivity index (χ3n) is 4.05. The van der Waals surface area contributed by atoms with Gasteiger partial charge in [-0.15, -0.1) is 0 Å². The molecule has 4 heteroatoms. The molecular weight excluding hydrogens is 302 g/mol. The summed E-state index contributed by atoms with van der Waals surface area (Å²) in [6.45, 7) is 5.47. The monoisotopic (exact) mass is 325 g/mol. The molecule has 1 N–H and O–H groups in total. The Hall–Kier alpha value is -0.640. The first-order valence-corrected chi connectivity index (χ1v) is 8.24. The lowest BCUT2D eigenvalue weighted by molar-refractivity contribution is 0.282. The minimum atomic E-state index is 0.869. The molecule has 1 saturated carbocycles. The maximum atomic E-state index is 4.49. The summed E-state index contributed by atoms with van der Waals surface area (Å²) in [6, 6.07) is 1.96. The Morgan fingerprint density at radius 3 is 2.68 bits per heavy atom. The van der Waals surface area contributed by atoms with Crippen LogP contribution in [0.1, 0.15) is 51.8 Å². The van der Waals surface area contributed by atoms with Crippen LogP contribution in [0.4, 0.5) is 5.82 Å². The van der Waals surface area contributed by atoms with Gasteiger partial charge in [0.05, 0.1) is 0 Å². The molecule has 0 saturated heterocycles. The van der Waals surface area contributed by atoms with Gasteiger partial charge in [-0.3, -0.25) is 0 Å². The van der Waals surface area contributed by atoms with E-state index in [2.05, 4.69) is 45.1 Å². The Morgan fingerprint density at radius 2 is 2.00 bits per heavy atom. The Kier molecular flexibility index (Phi) is 5.61. The molecular formula is C15H24BrN3. The zero-order valence-electron chi connectivity index (χ0n) is 12.0. The van der Waals surface area contributed by atoms with E-state index in [0.29, 0.717) is 0 Å². The van der Waals surface area contributed by atoms with Gasteiger partial charge < -0.3 is 5.32 Å². The largest absolute Gasteiger partial charge is 0.370 e. The molecule has 0 spiro atoms. The van der Waals surface area contributed by atoms with Crippen LogP contribution in [0.2, 0.25) is 0 Å². The lowest BCUT2D eigenvalue weighted by Gasteiger charge is -2.26. The zero-order valence-corrected chi connectivity index (χ0v) is 13.5. The highest BCUT2D eigenvalue weighted by Crippen LogP contribution is 2.30. The highest BCUT2D eigenvalue weighted by Gasteiger charge is 2.17. The number of rotatable bonds is 5. The van der Waals surface area contributed by atoms with E-state index in [9.17, 15) is 0 Å². The number of halogens is 1. The van der Waals surface area contributed by atoms with Crippen molar-refractivity contribution in [3.05, 3.63) is 16.5 Å². The summed E-state index contributed by atoms with van der Waals surface area (Å²) in [5.74, 6) is 3.68. The van der Waals surface area contributed by atoms with Crippen LogP contribution in [0.15, 0.2) is 10.7 Å². The van der Waals surface area contributed by atoms with Crippen LogP contribution < -0.4 is 5.32 Å². The van der Waals surface area contributed by atoms with Crippen LogP contribution in [0.25, 0.3) is 0 Å². The molecule has 3 nitrogen and oxygen atoms in total. The molecule has 0 aliphatic heterocycles. The van der Waals surface area contributed by atoms with Crippen molar-refractivity contribution in [1.82, 2.24) is 9.97 Å². The van der Waals surface area contributed by atoms with Crippen molar-refractivity contribution < 1.29 is 0 Å². The van der Waals surface area contributed by atoms with Crippen molar-refractivity contribution >= 4 is 21.7 Å². The number of hydrogen-bond acceptors (Lipinski definition) is 3.